The minimum Gasteiger partial charge on any atom is -0.117 e. The molecule has 0 spiro atoms. The molecule has 2 aliphatic carbocycles. The molecule has 2 unspecified atom stereocenters. The van der Waals surface area contributed by atoms with Gasteiger partial charge in [-0.3, -0.25) is 0 Å². The fourth-order valence-electron chi connectivity index (χ4n) is 4.09. The van der Waals surface area contributed by atoms with E-state index < -0.39 is 0 Å². The molecule has 0 heterocycles. The van der Waals surface area contributed by atoms with Gasteiger partial charge in [-0.15, -0.1) is 11.6 Å². The summed E-state index contributed by atoms with van der Waals surface area (Å²) in [4.78, 5) is 0. The molecule has 0 nitrogen and oxygen atoms in total. The van der Waals surface area contributed by atoms with E-state index >= 15 is 0 Å². The summed E-state index contributed by atoms with van der Waals surface area (Å²) in [6.07, 6.45) is 7.46. The number of benzene rings is 2. The van der Waals surface area contributed by atoms with E-state index in [1.54, 1.807) is 0 Å². The Kier molecular flexibility index (Phi) is 3.51. The first-order valence-corrected chi connectivity index (χ1v) is 8.60. The lowest BCUT2D eigenvalue weighted by molar-refractivity contribution is 0.538. The van der Waals surface area contributed by atoms with Crippen molar-refractivity contribution in [1.82, 2.24) is 0 Å². The first-order chi connectivity index (χ1) is 10.3. The van der Waals surface area contributed by atoms with Crippen LogP contribution in [0, 0.1) is 0 Å². The standard InChI is InChI=1S/C20H21Cl/c21-20(17-12-11-14-6-3-8-16(14)13-17)19-10-4-7-15-5-1-2-9-18(15)19/h1-2,5,9,11-13,19-20H,3-4,6-8,10H2. The lowest BCUT2D eigenvalue weighted by Crippen LogP contribution is -2.14. The lowest BCUT2D eigenvalue weighted by Gasteiger charge is -2.29. The van der Waals surface area contributed by atoms with Gasteiger partial charge in [0, 0.05) is 5.92 Å². The first-order valence-electron chi connectivity index (χ1n) is 8.16. The van der Waals surface area contributed by atoms with Crippen LogP contribution >= 0.6 is 11.6 Å². The van der Waals surface area contributed by atoms with Crippen molar-refractivity contribution in [2.24, 2.45) is 0 Å². The zero-order valence-corrected chi connectivity index (χ0v) is 13.1. The Morgan fingerprint density at radius 2 is 1.67 bits per heavy atom. The average Bonchev–Trinajstić information content (AvgIpc) is 3.01. The lowest BCUT2D eigenvalue weighted by atomic mass is 9.79. The third kappa shape index (κ3) is 2.40. The summed E-state index contributed by atoms with van der Waals surface area (Å²) in [5, 5.41) is 0.109. The molecule has 2 aromatic carbocycles. The second-order valence-corrected chi connectivity index (χ2v) is 6.95. The summed E-state index contributed by atoms with van der Waals surface area (Å²) in [6, 6.07) is 15.8. The van der Waals surface area contributed by atoms with Crippen LogP contribution in [0.25, 0.3) is 0 Å². The predicted octanol–water partition coefficient (Wildman–Crippen LogP) is 5.58. The van der Waals surface area contributed by atoms with Gasteiger partial charge in [0.25, 0.3) is 0 Å². The van der Waals surface area contributed by atoms with E-state index in [9.17, 15) is 0 Å². The van der Waals surface area contributed by atoms with Crippen molar-refractivity contribution in [3.8, 4) is 0 Å². The van der Waals surface area contributed by atoms with E-state index in [1.165, 1.54) is 66.3 Å². The summed E-state index contributed by atoms with van der Waals surface area (Å²) < 4.78 is 0. The highest BCUT2D eigenvalue weighted by Crippen LogP contribution is 2.44. The summed E-state index contributed by atoms with van der Waals surface area (Å²) in [5.74, 6) is 0.469. The molecule has 4 rings (SSSR count). The Bertz CT molecular complexity index is 659. The molecule has 0 aromatic heterocycles. The van der Waals surface area contributed by atoms with Crippen LogP contribution in [-0.4, -0.2) is 0 Å². The maximum absolute atomic E-state index is 6.91. The maximum Gasteiger partial charge on any atom is 0.0653 e. The number of hydrogen-bond acceptors (Lipinski definition) is 0. The fourth-order valence-corrected chi connectivity index (χ4v) is 4.49. The molecule has 0 aliphatic heterocycles. The Hall–Kier alpha value is -1.27. The average molecular weight is 297 g/mol. The largest absolute Gasteiger partial charge is 0.117 e. The van der Waals surface area contributed by atoms with Gasteiger partial charge in [0.1, 0.15) is 0 Å². The molecule has 1 heteroatoms. The van der Waals surface area contributed by atoms with Gasteiger partial charge in [0.15, 0.2) is 0 Å². The van der Waals surface area contributed by atoms with Crippen molar-refractivity contribution in [2.75, 3.05) is 0 Å². The molecule has 2 aromatic rings. The van der Waals surface area contributed by atoms with Crippen LogP contribution in [0.4, 0.5) is 0 Å². The monoisotopic (exact) mass is 296 g/mol. The Morgan fingerprint density at radius 1 is 0.857 bits per heavy atom. The molecule has 0 saturated carbocycles. The van der Waals surface area contributed by atoms with Crippen LogP contribution in [-0.2, 0) is 19.3 Å². The Balaban J connectivity index is 1.68. The predicted molar refractivity (Wildman–Crippen MR) is 89.2 cm³/mol. The first kappa shape index (κ1) is 13.4. The molecule has 2 atom stereocenters. The van der Waals surface area contributed by atoms with Crippen molar-refractivity contribution in [3.63, 3.8) is 0 Å². The van der Waals surface area contributed by atoms with E-state index in [0.29, 0.717) is 5.92 Å². The summed E-state index contributed by atoms with van der Waals surface area (Å²) >= 11 is 6.91. The molecule has 0 saturated heterocycles. The summed E-state index contributed by atoms with van der Waals surface area (Å²) in [7, 11) is 0. The smallest absolute Gasteiger partial charge is 0.0653 e. The SMILES string of the molecule is ClC(c1ccc2c(c1)CCC2)C1CCCc2ccccc21. The number of halogens is 1. The third-order valence-corrected chi connectivity index (χ3v) is 5.77. The van der Waals surface area contributed by atoms with Crippen LogP contribution in [0.1, 0.15) is 58.4 Å². The molecular formula is C20H21Cl. The molecular weight excluding hydrogens is 276 g/mol. The molecule has 0 radical (unpaired) electrons. The van der Waals surface area contributed by atoms with E-state index in [1.807, 2.05) is 0 Å². The van der Waals surface area contributed by atoms with E-state index in [2.05, 4.69) is 42.5 Å². The minimum atomic E-state index is 0.109. The van der Waals surface area contributed by atoms with Crippen molar-refractivity contribution in [3.05, 3.63) is 70.3 Å². The molecule has 0 fully saturated rings. The normalized spacial score (nSPS) is 21.7. The second-order valence-electron chi connectivity index (χ2n) is 6.48. The van der Waals surface area contributed by atoms with Gasteiger partial charge >= 0.3 is 0 Å². The molecule has 0 amide bonds. The number of rotatable bonds is 2. The van der Waals surface area contributed by atoms with Crippen LogP contribution in [0.2, 0.25) is 0 Å². The van der Waals surface area contributed by atoms with Gasteiger partial charge in [-0.05, 0) is 66.3 Å². The van der Waals surface area contributed by atoms with Gasteiger partial charge in [-0.2, -0.15) is 0 Å². The van der Waals surface area contributed by atoms with Crippen LogP contribution in [0.15, 0.2) is 42.5 Å². The van der Waals surface area contributed by atoms with Crippen LogP contribution in [0.5, 0.6) is 0 Å². The Morgan fingerprint density at radius 3 is 2.62 bits per heavy atom. The highest BCUT2D eigenvalue weighted by Gasteiger charge is 2.28. The van der Waals surface area contributed by atoms with Crippen molar-refractivity contribution in [2.45, 2.75) is 49.8 Å². The molecule has 2 aliphatic rings. The zero-order chi connectivity index (χ0) is 14.2. The molecule has 108 valence electrons. The van der Waals surface area contributed by atoms with Gasteiger partial charge in [0.2, 0.25) is 0 Å². The van der Waals surface area contributed by atoms with Gasteiger partial charge < -0.3 is 0 Å². The topological polar surface area (TPSA) is 0 Å². The highest BCUT2D eigenvalue weighted by atomic mass is 35.5. The third-order valence-electron chi connectivity index (χ3n) is 5.21. The van der Waals surface area contributed by atoms with E-state index in [0.717, 1.165) is 0 Å². The van der Waals surface area contributed by atoms with E-state index in [4.69, 9.17) is 11.6 Å². The quantitative estimate of drug-likeness (QED) is 0.635. The summed E-state index contributed by atoms with van der Waals surface area (Å²) in [5.41, 5.74) is 7.36. The Labute approximate surface area is 132 Å². The maximum atomic E-state index is 6.91. The second kappa shape index (κ2) is 5.50. The van der Waals surface area contributed by atoms with Crippen LogP contribution in [0.3, 0.4) is 0 Å². The van der Waals surface area contributed by atoms with Crippen LogP contribution < -0.4 is 0 Å². The van der Waals surface area contributed by atoms with Gasteiger partial charge in [-0.25, -0.2) is 0 Å². The number of aryl methyl sites for hydroxylation is 3. The molecule has 21 heavy (non-hydrogen) atoms. The van der Waals surface area contributed by atoms with Crippen molar-refractivity contribution >= 4 is 11.6 Å². The number of fused-ring (bicyclic) bond motifs is 2. The summed E-state index contributed by atoms with van der Waals surface area (Å²) in [6.45, 7) is 0. The number of alkyl halides is 1. The fraction of sp³-hybridized carbons (Fsp3) is 0.400. The van der Waals surface area contributed by atoms with Crippen molar-refractivity contribution in [1.29, 1.82) is 0 Å². The minimum absolute atomic E-state index is 0.109. The molecule has 0 N–H and O–H groups in total. The zero-order valence-electron chi connectivity index (χ0n) is 12.3. The van der Waals surface area contributed by atoms with Crippen molar-refractivity contribution < 1.29 is 0 Å². The van der Waals surface area contributed by atoms with Gasteiger partial charge in [-0.1, -0.05) is 42.5 Å². The van der Waals surface area contributed by atoms with Gasteiger partial charge in [0.05, 0.1) is 5.38 Å². The molecule has 0 bridgehead atoms. The highest BCUT2D eigenvalue weighted by molar-refractivity contribution is 6.21. The van der Waals surface area contributed by atoms with E-state index in [-0.39, 0.29) is 5.38 Å². The number of hydrogen-bond donors (Lipinski definition) is 0.